The number of alkyl halides is 1. The minimum atomic E-state index is -0.455. The summed E-state index contributed by atoms with van der Waals surface area (Å²) in [5.41, 5.74) is -0.310. The van der Waals surface area contributed by atoms with Crippen molar-refractivity contribution < 1.29 is 14.3 Å². The van der Waals surface area contributed by atoms with Gasteiger partial charge >= 0.3 is 6.09 Å². The van der Waals surface area contributed by atoms with Crippen LogP contribution in [0, 0.1) is 0 Å². The van der Waals surface area contributed by atoms with E-state index >= 15 is 0 Å². The van der Waals surface area contributed by atoms with Gasteiger partial charge in [-0.05, 0) is 57.9 Å². The zero-order valence-corrected chi connectivity index (χ0v) is 13.8. The summed E-state index contributed by atoms with van der Waals surface area (Å²) in [6, 6.07) is 7.05. The molecule has 0 bridgehead atoms. The quantitative estimate of drug-likeness (QED) is 0.624. The average Bonchev–Trinajstić information content (AvgIpc) is 2.34. The number of hydrogen-bond acceptors (Lipinski definition) is 3. The fourth-order valence-electron chi connectivity index (χ4n) is 1.43. The Labute approximate surface area is 129 Å². The standard InChI is InChI=1S/C15H22BrNO3/c1-15(2,3)17-14(18)20-13-8-6-12(7-9-13)19-11-5-4-10-16/h6-9H,4-5,10-11H2,1-3H3,(H,17,18). The van der Waals surface area contributed by atoms with Crippen LogP contribution < -0.4 is 14.8 Å². The Balaban J connectivity index is 2.40. The maximum Gasteiger partial charge on any atom is 0.413 e. The zero-order valence-electron chi connectivity index (χ0n) is 12.2. The van der Waals surface area contributed by atoms with Crippen LogP contribution in [0.15, 0.2) is 24.3 Å². The summed E-state index contributed by atoms with van der Waals surface area (Å²) in [5.74, 6) is 1.28. The molecule has 1 rings (SSSR count). The van der Waals surface area contributed by atoms with Crippen molar-refractivity contribution in [2.45, 2.75) is 39.2 Å². The predicted octanol–water partition coefficient (Wildman–Crippen LogP) is 4.13. The van der Waals surface area contributed by atoms with Crippen LogP contribution in [0.1, 0.15) is 33.6 Å². The monoisotopic (exact) mass is 343 g/mol. The van der Waals surface area contributed by atoms with E-state index in [1.54, 1.807) is 24.3 Å². The Hall–Kier alpha value is -1.23. The molecule has 0 saturated carbocycles. The van der Waals surface area contributed by atoms with Crippen LogP contribution in [0.25, 0.3) is 0 Å². The van der Waals surface area contributed by atoms with Crippen LogP contribution in [0.4, 0.5) is 4.79 Å². The lowest BCUT2D eigenvalue weighted by molar-refractivity contribution is 0.190. The molecule has 1 N–H and O–H groups in total. The van der Waals surface area contributed by atoms with Crippen molar-refractivity contribution in [2.24, 2.45) is 0 Å². The van der Waals surface area contributed by atoms with E-state index in [9.17, 15) is 4.79 Å². The van der Waals surface area contributed by atoms with E-state index in [2.05, 4.69) is 21.2 Å². The molecule has 0 aromatic heterocycles. The van der Waals surface area contributed by atoms with Crippen LogP contribution in [-0.4, -0.2) is 23.6 Å². The molecule has 0 aliphatic carbocycles. The highest BCUT2D eigenvalue weighted by Crippen LogP contribution is 2.18. The molecular formula is C15H22BrNO3. The van der Waals surface area contributed by atoms with Gasteiger partial charge in [0.05, 0.1) is 6.61 Å². The molecule has 0 radical (unpaired) electrons. The third-order valence-corrected chi connectivity index (χ3v) is 2.87. The van der Waals surface area contributed by atoms with Gasteiger partial charge in [-0.3, -0.25) is 0 Å². The molecule has 0 heterocycles. The molecule has 0 fully saturated rings. The lowest BCUT2D eigenvalue weighted by Crippen LogP contribution is -2.42. The first kappa shape index (κ1) is 16.8. The maximum atomic E-state index is 11.6. The summed E-state index contributed by atoms with van der Waals surface area (Å²) >= 11 is 3.38. The number of unbranched alkanes of at least 4 members (excludes halogenated alkanes) is 1. The molecule has 4 nitrogen and oxygen atoms in total. The first-order valence-electron chi connectivity index (χ1n) is 6.69. The number of nitrogens with one attached hydrogen (secondary N) is 1. The summed E-state index contributed by atoms with van der Waals surface area (Å²) < 4.78 is 10.7. The van der Waals surface area contributed by atoms with Crippen molar-refractivity contribution in [1.82, 2.24) is 5.32 Å². The molecule has 0 atom stereocenters. The predicted molar refractivity (Wildman–Crippen MR) is 83.9 cm³/mol. The van der Waals surface area contributed by atoms with Crippen molar-refractivity contribution in [2.75, 3.05) is 11.9 Å². The van der Waals surface area contributed by atoms with E-state index in [4.69, 9.17) is 9.47 Å². The topological polar surface area (TPSA) is 47.6 Å². The number of rotatable bonds is 6. The van der Waals surface area contributed by atoms with Gasteiger partial charge in [-0.1, -0.05) is 15.9 Å². The van der Waals surface area contributed by atoms with Gasteiger partial charge in [0.1, 0.15) is 11.5 Å². The molecule has 1 aromatic carbocycles. The Morgan fingerprint density at radius 2 is 1.75 bits per heavy atom. The van der Waals surface area contributed by atoms with E-state index < -0.39 is 6.09 Å². The van der Waals surface area contributed by atoms with Gasteiger partial charge < -0.3 is 14.8 Å². The van der Waals surface area contributed by atoms with Crippen molar-refractivity contribution in [1.29, 1.82) is 0 Å². The molecule has 5 heteroatoms. The van der Waals surface area contributed by atoms with Crippen LogP contribution in [0.5, 0.6) is 11.5 Å². The van der Waals surface area contributed by atoms with Crippen molar-refractivity contribution in [3.8, 4) is 11.5 Å². The highest BCUT2D eigenvalue weighted by atomic mass is 79.9. The van der Waals surface area contributed by atoms with Crippen LogP contribution in [-0.2, 0) is 0 Å². The number of hydrogen-bond donors (Lipinski definition) is 1. The Morgan fingerprint density at radius 3 is 2.30 bits per heavy atom. The Morgan fingerprint density at radius 1 is 1.15 bits per heavy atom. The molecule has 112 valence electrons. The SMILES string of the molecule is CC(C)(C)NC(=O)Oc1ccc(OCCCCBr)cc1. The minimum absolute atomic E-state index is 0.310. The van der Waals surface area contributed by atoms with E-state index in [0.29, 0.717) is 12.4 Å². The highest BCUT2D eigenvalue weighted by molar-refractivity contribution is 9.09. The molecule has 0 aliphatic rings. The first-order chi connectivity index (χ1) is 9.40. The van der Waals surface area contributed by atoms with Gasteiger partial charge in [0.25, 0.3) is 0 Å². The molecule has 1 amide bonds. The van der Waals surface area contributed by atoms with Crippen LogP contribution >= 0.6 is 15.9 Å². The van der Waals surface area contributed by atoms with Crippen LogP contribution in [0.3, 0.4) is 0 Å². The second-order valence-corrected chi connectivity index (χ2v) is 6.27. The van der Waals surface area contributed by atoms with E-state index in [0.717, 1.165) is 23.9 Å². The minimum Gasteiger partial charge on any atom is -0.494 e. The third-order valence-electron chi connectivity index (χ3n) is 2.31. The molecule has 20 heavy (non-hydrogen) atoms. The summed E-state index contributed by atoms with van der Waals surface area (Å²) in [5, 5.41) is 3.73. The number of halogens is 1. The summed E-state index contributed by atoms with van der Waals surface area (Å²) in [4.78, 5) is 11.6. The maximum absolute atomic E-state index is 11.6. The van der Waals surface area contributed by atoms with Gasteiger partial charge in [-0.15, -0.1) is 0 Å². The second-order valence-electron chi connectivity index (χ2n) is 5.48. The fourth-order valence-corrected chi connectivity index (χ4v) is 1.83. The number of benzene rings is 1. The lowest BCUT2D eigenvalue weighted by Gasteiger charge is -2.19. The smallest absolute Gasteiger partial charge is 0.413 e. The highest BCUT2D eigenvalue weighted by Gasteiger charge is 2.15. The van der Waals surface area contributed by atoms with E-state index in [-0.39, 0.29) is 5.54 Å². The molecule has 1 aromatic rings. The number of carbonyl (C=O) groups is 1. The molecule has 0 unspecified atom stereocenters. The summed E-state index contributed by atoms with van der Waals surface area (Å²) in [7, 11) is 0. The third kappa shape index (κ3) is 7.38. The van der Waals surface area contributed by atoms with Crippen LogP contribution in [0.2, 0.25) is 0 Å². The Kier molecular flexibility index (Phi) is 6.85. The summed E-state index contributed by atoms with van der Waals surface area (Å²) in [6.07, 6.45) is 1.65. The van der Waals surface area contributed by atoms with Gasteiger partial charge in [-0.2, -0.15) is 0 Å². The Bertz CT molecular complexity index is 412. The van der Waals surface area contributed by atoms with E-state index in [1.807, 2.05) is 20.8 Å². The lowest BCUT2D eigenvalue weighted by atomic mass is 10.1. The average molecular weight is 344 g/mol. The molecule has 0 aliphatic heterocycles. The summed E-state index contributed by atoms with van der Waals surface area (Å²) in [6.45, 7) is 6.39. The molecule has 0 saturated heterocycles. The van der Waals surface area contributed by atoms with Crippen molar-refractivity contribution in [3.05, 3.63) is 24.3 Å². The number of carbonyl (C=O) groups excluding carboxylic acids is 1. The van der Waals surface area contributed by atoms with Crippen molar-refractivity contribution in [3.63, 3.8) is 0 Å². The number of amides is 1. The molecular weight excluding hydrogens is 322 g/mol. The van der Waals surface area contributed by atoms with Crippen molar-refractivity contribution >= 4 is 22.0 Å². The van der Waals surface area contributed by atoms with Gasteiger partial charge in [-0.25, -0.2) is 4.79 Å². The normalized spacial score (nSPS) is 11.0. The van der Waals surface area contributed by atoms with Gasteiger partial charge in [0, 0.05) is 10.9 Å². The molecule has 0 spiro atoms. The fraction of sp³-hybridized carbons (Fsp3) is 0.533. The van der Waals surface area contributed by atoms with Gasteiger partial charge in [0.15, 0.2) is 0 Å². The second kappa shape index (κ2) is 8.15. The number of ether oxygens (including phenoxy) is 2. The van der Waals surface area contributed by atoms with Gasteiger partial charge in [0.2, 0.25) is 0 Å². The largest absolute Gasteiger partial charge is 0.494 e. The first-order valence-corrected chi connectivity index (χ1v) is 7.82. The zero-order chi connectivity index (χ0) is 15.0. The van der Waals surface area contributed by atoms with E-state index in [1.165, 1.54) is 0 Å².